The third-order valence-corrected chi connectivity index (χ3v) is 5.95. The molecule has 0 unspecified atom stereocenters. The van der Waals surface area contributed by atoms with E-state index in [4.69, 9.17) is 0 Å². The van der Waals surface area contributed by atoms with Gasteiger partial charge in [0.05, 0.1) is 10.9 Å². The van der Waals surface area contributed by atoms with E-state index >= 15 is 0 Å². The summed E-state index contributed by atoms with van der Waals surface area (Å²) in [6.45, 7) is 5.66. The van der Waals surface area contributed by atoms with Crippen molar-refractivity contribution in [3.63, 3.8) is 0 Å². The van der Waals surface area contributed by atoms with E-state index in [2.05, 4.69) is 15.3 Å². The van der Waals surface area contributed by atoms with Crippen LogP contribution in [0, 0.1) is 11.7 Å². The van der Waals surface area contributed by atoms with Crippen LogP contribution in [0.5, 0.6) is 0 Å². The topological polar surface area (TPSA) is 74.1 Å². The number of para-hydroxylation sites is 1. The second-order valence-electron chi connectivity index (χ2n) is 7.48. The number of carbonyl (C=O) groups is 2. The van der Waals surface area contributed by atoms with Gasteiger partial charge in [-0.1, -0.05) is 37.7 Å². The predicted molar refractivity (Wildman–Crippen MR) is 118 cm³/mol. The van der Waals surface area contributed by atoms with E-state index in [0.717, 1.165) is 11.3 Å². The average Bonchev–Trinajstić information content (AvgIpc) is 3.08. The van der Waals surface area contributed by atoms with Crippen LogP contribution in [0.2, 0.25) is 0 Å². The molecule has 0 spiro atoms. The largest absolute Gasteiger partial charge is 0.325 e. The molecular weight excluding hydrogens is 403 g/mol. The number of amides is 2. The lowest BCUT2D eigenvalue weighted by atomic mass is 10.1. The number of thioether (sulfide) groups is 1. The summed E-state index contributed by atoms with van der Waals surface area (Å²) in [5, 5.41) is 2.66. The summed E-state index contributed by atoms with van der Waals surface area (Å²) in [5.41, 5.74) is 2.03. The molecule has 4 rings (SSSR count). The summed E-state index contributed by atoms with van der Waals surface area (Å²) in [6.07, 6.45) is 0. The molecule has 0 radical (unpaired) electrons. The molecule has 0 fully saturated rings. The highest BCUT2D eigenvalue weighted by Crippen LogP contribution is 2.35. The van der Waals surface area contributed by atoms with Gasteiger partial charge in [-0.15, -0.1) is 0 Å². The van der Waals surface area contributed by atoms with E-state index < -0.39 is 11.3 Å². The predicted octanol–water partition coefficient (Wildman–Crippen LogP) is 4.20. The molecule has 0 saturated carbocycles. The molecule has 6 nitrogen and oxygen atoms in total. The number of rotatable bonds is 4. The molecule has 30 heavy (non-hydrogen) atoms. The number of hydrogen-bond donors (Lipinski definition) is 1. The zero-order valence-electron chi connectivity index (χ0n) is 16.8. The van der Waals surface area contributed by atoms with E-state index in [9.17, 15) is 14.0 Å². The number of benzene rings is 2. The van der Waals surface area contributed by atoms with Crippen molar-refractivity contribution in [2.75, 3.05) is 5.32 Å². The first-order valence-electron chi connectivity index (χ1n) is 9.68. The standard InChI is InChI=1S/C22H21FN4O2S/c1-12(2)18-21(29)27-19(26-18)16-6-4-5-7-17(16)25-22(27)30-13(3)20(28)24-15-10-8-14(23)9-11-15/h4-13,18H,1-3H3,(H,24,28)/t13-,18-/m1/s1. The summed E-state index contributed by atoms with van der Waals surface area (Å²) < 4.78 is 13.1. The van der Waals surface area contributed by atoms with Crippen molar-refractivity contribution in [1.82, 2.24) is 4.90 Å². The number of nitrogens with zero attached hydrogens (tertiary/aromatic N) is 3. The SMILES string of the molecule is CC(C)[C@H]1N=C2c3ccccc3N=C(S[C@H](C)C(=O)Nc3ccc(F)cc3)N2C1=O. The van der Waals surface area contributed by atoms with Crippen LogP contribution in [0.25, 0.3) is 0 Å². The molecule has 2 aliphatic heterocycles. The highest BCUT2D eigenvalue weighted by molar-refractivity contribution is 8.15. The highest BCUT2D eigenvalue weighted by Gasteiger charge is 2.43. The minimum absolute atomic E-state index is 0.0493. The van der Waals surface area contributed by atoms with E-state index in [0.29, 0.717) is 16.7 Å². The molecule has 1 N–H and O–H groups in total. The Hall–Kier alpha value is -3.00. The van der Waals surface area contributed by atoms with E-state index in [-0.39, 0.29) is 23.5 Å². The second-order valence-corrected chi connectivity index (χ2v) is 8.79. The monoisotopic (exact) mass is 424 g/mol. The third kappa shape index (κ3) is 3.75. The molecule has 2 aliphatic rings. The zero-order chi connectivity index (χ0) is 21.4. The molecule has 0 aromatic heterocycles. The quantitative estimate of drug-likeness (QED) is 0.799. The van der Waals surface area contributed by atoms with Gasteiger partial charge in [0.1, 0.15) is 17.7 Å². The maximum atomic E-state index is 13.1. The van der Waals surface area contributed by atoms with Crippen LogP contribution in [0.3, 0.4) is 0 Å². The molecule has 2 heterocycles. The Balaban J connectivity index is 1.59. The van der Waals surface area contributed by atoms with Crippen LogP contribution in [0.1, 0.15) is 26.3 Å². The maximum absolute atomic E-state index is 13.1. The Morgan fingerprint density at radius 2 is 1.83 bits per heavy atom. The van der Waals surface area contributed by atoms with E-state index in [1.165, 1.54) is 40.9 Å². The molecule has 2 atom stereocenters. The Kier molecular flexibility index (Phi) is 5.42. The lowest BCUT2D eigenvalue weighted by Gasteiger charge is -2.27. The van der Waals surface area contributed by atoms with Gasteiger partial charge in [0.15, 0.2) is 5.17 Å². The van der Waals surface area contributed by atoms with Gasteiger partial charge < -0.3 is 5.32 Å². The smallest absolute Gasteiger partial charge is 0.259 e. The first kappa shape index (κ1) is 20.3. The fourth-order valence-corrected chi connectivity index (χ4v) is 4.19. The second kappa shape index (κ2) is 8.02. The van der Waals surface area contributed by atoms with Crippen molar-refractivity contribution in [3.05, 3.63) is 59.9 Å². The Bertz CT molecular complexity index is 1070. The number of halogens is 1. The fraction of sp³-hybridized carbons (Fsp3) is 0.273. The van der Waals surface area contributed by atoms with Crippen LogP contribution in [-0.2, 0) is 9.59 Å². The van der Waals surface area contributed by atoms with E-state index in [1.54, 1.807) is 6.92 Å². The van der Waals surface area contributed by atoms with Gasteiger partial charge >= 0.3 is 0 Å². The molecule has 0 saturated heterocycles. The maximum Gasteiger partial charge on any atom is 0.259 e. The van der Waals surface area contributed by atoms with Gasteiger partial charge in [0.25, 0.3) is 5.91 Å². The Labute approximate surface area is 178 Å². The molecule has 2 aromatic rings. The van der Waals surface area contributed by atoms with Gasteiger partial charge in [-0.25, -0.2) is 14.3 Å². The number of anilines is 1. The number of carbonyl (C=O) groups excluding carboxylic acids is 2. The molecular formula is C22H21FN4O2S. The Morgan fingerprint density at radius 3 is 2.53 bits per heavy atom. The number of amidine groups is 2. The lowest BCUT2D eigenvalue weighted by Crippen LogP contribution is -2.43. The van der Waals surface area contributed by atoms with Crippen molar-refractivity contribution in [2.24, 2.45) is 15.9 Å². The van der Waals surface area contributed by atoms with Gasteiger partial charge in [-0.05, 0) is 49.2 Å². The zero-order valence-corrected chi connectivity index (χ0v) is 17.6. The van der Waals surface area contributed by atoms with Crippen LogP contribution >= 0.6 is 11.8 Å². The van der Waals surface area contributed by atoms with Crippen LogP contribution in [0.15, 0.2) is 58.5 Å². The van der Waals surface area contributed by atoms with Gasteiger partial charge in [0.2, 0.25) is 5.91 Å². The van der Waals surface area contributed by atoms with Crippen molar-refractivity contribution in [3.8, 4) is 0 Å². The molecule has 8 heteroatoms. The molecule has 0 aliphatic carbocycles. The average molecular weight is 425 g/mol. The molecule has 0 bridgehead atoms. The van der Waals surface area contributed by atoms with Crippen molar-refractivity contribution in [1.29, 1.82) is 0 Å². The third-order valence-electron chi connectivity index (χ3n) is 4.89. The lowest BCUT2D eigenvalue weighted by molar-refractivity contribution is -0.125. The highest BCUT2D eigenvalue weighted by atomic mass is 32.2. The summed E-state index contributed by atoms with van der Waals surface area (Å²) in [5.74, 6) is -0.138. The van der Waals surface area contributed by atoms with Crippen molar-refractivity contribution < 1.29 is 14.0 Å². The van der Waals surface area contributed by atoms with Crippen LogP contribution in [0.4, 0.5) is 15.8 Å². The van der Waals surface area contributed by atoms with Crippen LogP contribution in [-0.4, -0.2) is 39.0 Å². The first-order valence-corrected chi connectivity index (χ1v) is 10.6. The molecule has 154 valence electrons. The fourth-order valence-electron chi connectivity index (χ4n) is 3.27. The van der Waals surface area contributed by atoms with Crippen LogP contribution < -0.4 is 5.32 Å². The number of hydrogen-bond acceptors (Lipinski definition) is 5. The van der Waals surface area contributed by atoms with Crippen molar-refractivity contribution in [2.45, 2.75) is 32.1 Å². The normalized spacial score (nSPS) is 18.5. The summed E-state index contributed by atoms with van der Waals surface area (Å²) >= 11 is 1.20. The molecule has 2 amide bonds. The molecule has 2 aromatic carbocycles. The van der Waals surface area contributed by atoms with Gasteiger partial charge in [-0.3, -0.25) is 14.6 Å². The summed E-state index contributed by atoms with van der Waals surface area (Å²) in [4.78, 5) is 36.6. The number of fused-ring (bicyclic) bond motifs is 3. The van der Waals surface area contributed by atoms with E-state index in [1.807, 2.05) is 38.1 Å². The number of aliphatic imine (C=N–C) groups is 2. The first-order chi connectivity index (χ1) is 14.3. The minimum atomic E-state index is -0.536. The van der Waals surface area contributed by atoms with Gasteiger partial charge in [0, 0.05) is 11.3 Å². The summed E-state index contributed by atoms with van der Waals surface area (Å²) in [6, 6.07) is 12.6. The Morgan fingerprint density at radius 1 is 1.13 bits per heavy atom. The summed E-state index contributed by atoms with van der Waals surface area (Å²) in [7, 11) is 0. The van der Waals surface area contributed by atoms with Gasteiger partial charge in [-0.2, -0.15) is 0 Å². The van der Waals surface area contributed by atoms with Crippen molar-refractivity contribution >= 4 is 46.0 Å². The minimum Gasteiger partial charge on any atom is -0.325 e. The number of nitrogens with one attached hydrogen (secondary N) is 1.